The van der Waals surface area contributed by atoms with Crippen LogP contribution in [0.1, 0.15) is 26.3 Å². The van der Waals surface area contributed by atoms with E-state index in [1.165, 1.54) is 0 Å². The Balaban J connectivity index is 2.81. The molecule has 0 spiro atoms. The molecule has 5 nitrogen and oxygen atoms in total. The highest BCUT2D eigenvalue weighted by Crippen LogP contribution is 2.34. The van der Waals surface area contributed by atoms with Gasteiger partial charge in [-0.15, -0.1) is 0 Å². The highest BCUT2D eigenvalue weighted by molar-refractivity contribution is 9.10. The third-order valence-electron chi connectivity index (χ3n) is 3.16. The lowest BCUT2D eigenvalue weighted by atomic mass is 10.1. The summed E-state index contributed by atoms with van der Waals surface area (Å²) in [7, 11) is 1.87. The second-order valence-electron chi connectivity index (χ2n) is 4.93. The van der Waals surface area contributed by atoms with E-state index in [0.29, 0.717) is 37.7 Å². The first kappa shape index (κ1) is 18.8. The minimum absolute atomic E-state index is 0.0191. The maximum Gasteiger partial charge on any atom is 0.224 e. The summed E-state index contributed by atoms with van der Waals surface area (Å²) < 4.78 is 12.0. The zero-order chi connectivity index (χ0) is 16.5. The fourth-order valence-corrected chi connectivity index (χ4v) is 2.32. The minimum Gasteiger partial charge on any atom is -0.490 e. The quantitative estimate of drug-likeness (QED) is 0.699. The molecule has 1 atom stereocenters. The molecule has 0 bridgehead atoms. The molecule has 0 aliphatic carbocycles. The van der Waals surface area contributed by atoms with Crippen LogP contribution in [-0.2, 0) is 11.2 Å². The van der Waals surface area contributed by atoms with Crippen molar-refractivity contribution in [3.05, 3.63) is 22.2 Å². The van der Waals surface area contributed by atoms with E-state index in [0.717, 1.165) is 10.0 Å². The van der Waals surface area contributed by atoms with Crippen LogP contribution >= 0.6 is 15.9 Å². The molecule has 1 aromatic rings. The molecule has 1 amide bonds. The predicted octanol–water partition coefficient (Wildman–Crippen LogP) is 2.51. The summed E-state index contributed by atoms with van der Waals surface area (Å²) in [4.78, 5) is 12.0. The SMILES string of the molecule is CCOc1cc(Br)c(CC(=O)NCC(C)NC)cc1OCC. The fourth-order valence-electron chi connectivity index (χ4n) is 1.85. The summed E-state index contributed by atoms with van der Waals surface area (Å²) >= 11 is 3.50. The standard InChI is InChI=1S/C16H25BrN2O3/c1-5-21-14-7-12(13(17)9-15(14)22-6-2)8-16(20)19-10-11(3)18-4/h7,9,11,18H,5-6,8,10H2,1-4H3,(H,19,20). The Labute approximate surface area is 140 Å². The number of hydrogen-bond acceptors (Lipinski definition) is 4. The number of likely N-dealkylation sites (N-methyl/N-ethyl adjacent to an activating group) is 1. The van der Waals surface area contributed by atoms with E-state index in [2.05, 4.69) is 26.6 Å². The molecule has 0 heterocycles. The first-order valence-electron chi connectivity index (χ1n) is 7.53. The van der Waals surface area contributed by atoms with Gasteiger partial charge in [-0.25, -0.2) is 0 Å². The van der Waals surface area contributed by atoms with Gasteiger partial charge in [-0.05, 0) is 45.5 Å². The molecule has 22 heavy (non-hydrogen) atoms. The second-order valence-corrected chi connectivity index (χ2v) is 5.78. The molecule has 1 unspecified atom stereocenters. The van der Waals surface area contributed by atoms with E-state index >= 15 is 0 Å². The van der Waals surface area contributed by atoms with Crippen LogP contribution in [0.5, 0.6) is 11.5 Å². The summed E-state index contributed by atoms with van der Waals surface area (Å²) in [5.41, 5.74) is 0.876. The number of carbonyl (C=O) groups excluding carboxylic acids is 1. The summed E-state index contributed by atoms with van der Waals surface area (Å²) in [6.07, 6.45) is 0.295. The Morgan fingerprint density at radius 1 is 1.23 bits per heavy atom. The van der Waals surface area contributed by atoms with Gasteiger partial charge < -0.3 is 20.1 Å². The number of nitrogens with one attached hydrogen (secondary N) is 2. The van der Waals surface area contributed by atoms with E-state index in [9.17, 15) is 4.79 Å². The van der Waals surface area contributed by atoms with Crippen molar-refractivity contribution in [2.24, 2.45) is 0 Å². The monoisotopic (exact) mass is 372 g/mol. The van der Waals surface area contributed by atoms with Gasteiger partial charge in [-0.3, -0.25) is 4.79 Å². The van der Waals surface area contributed by atoms with E-state index in [1.807, 2.05) is 40.0 Å². The Morgan fingerprint density at radius 2 is 1.82 bits per heavy atom. The zero-order valence-electron chi connectivity index (χ0n) is 13.7. The maximum atomic E-state index is 12.0. The molecule has 0 fully saturated rings. The smallest absolute Gasteiger partial charge is 0.224 e. The van der Waals surface area contributed by atoms with Crippen LogP contribution < -0.4 is 20.1 Å². The number of ether oxygens (including phenoxy) is 2. The van der Waals surface area contributed by atoms with Crippen LogP contribution in [0.25, 0.3) is 0 Å². The molecular weight excluding hydrogens is 348 g/mol. The van der Waals surface area contributed by atoms with E-state index < -0.39 is 0 Å². The Bertz CT molecular complexity index is 495. The van der Waals surface area contributed by atoms with Gasteiger partial charge in [0.05, 0.1) is 19.6 Å². The van der Waals surface area contributed by atoms with Gasteiger partial charge in [-0.1, -0.05) is 15.9 Å². The highest BCUT2D eigenvalue weighted by atomic mass is 79.9. The summed E-state index contributed by atoms with van der Waals surface area (Å²) in [5, 5.41) is 5.99. The van der Waals surface area contributed by atoms with Crippen molar-refractivity contribution in [1.82, 2.24) is 10.6 Å². The lowest BCUT2D eigenvalue weighted by molar-refractivity contribution is -0.120. The molecule has 124 valence electrons. The summed E-state index contributed by atoms with van der Waals surface area (Å²) in [6.45, 7) is 7.57. The van der Waals surface area contributed by atoms with Crippen LogP contribution in [0.2, 0.25) is 0 Å². The predicted molar refractivity (Wildman–Crippen MR) is 91.7 cm³/mol. The third kappa shape index (κ3) is 5.85. The van der Waals surface area contributed by atoms with E-state index in [4.69, 9.17) is 9.47 Å². The molecule has 0 aromatic heterocycles. The molecule has 0 aliphatic rings. The Morgan fingerprint density at radius 3 is 2.36 bits per heavy atom. The van der Waals surface area contributed by atoms with Crippen LogP contribution in [0, 0.1) is 0 Å². The van der Waals surface area contributed by atoms with Gasteiger partial charge in [0.25, 0.3) is 0 Å². The molecular formula is C16H25BrN2O3. The molecule has 0 saturated carbocycles. The van der Waals surface area contributed by atoms with Crippen molar-refractivity contribution in [1.29, 1.82) is 0 Å². The van der Waals surface area contributed by atoms with Crippen molar-refractivity contribution in [2.45, 2.75) is 33.2 Å². The first-order valence-corrected chi connectivity index (χ1v) is 8.33. The molecule has 2 N–H and O–H groups in total. The average molecular weight is 373 g/mol. The molecule has 1 rings (SSSR count). The lowest BCUT2D eigenvalue weighted by Gasteiger charge is -2.15. The average Bonchev–Trinajstić information content (AvgIpc) is 2.49. The molecule has 6 heteroatoms. The van der Waals surface area contributed by atoms with Crippen LogP contribution in [0.3, 0.4) is 0 Å². The van der Waals surface area contributed by atoms with Gasteiger partial charge in [0.1, 0.15) is 0 Å². The number of amides is 1. The van der Waals surface area contributed by atoms with Crippen molar-refractivity contribution in [3.63, 3.8) is 0 Å². The van der Waals surface area contributed by atoms with Gasteiger partial charge in [-0.2, -0.15) is 0 Å². The normalized spacial score (nSPS) is 11.9. The third-order valence-corrected chi connectivity index (χ3v) is 3.90. The van der Waals surface area contributed by atoms with Gasteiger partial charge in [0.2, 0.25) is 5.91 Å². The van der Waals surface area contributed by atoms with Crippen molar-refractivity contribution in [2.75, 3.05) is 26.8 Å². The maximum absolute atomic E-state index is 12.0. The van der Waals surface area contributed by atoms with Crippen molar-refractivity contribution >= 4 is 21.8 Å². The number of carbonyl (C=O) groups is 1. The van der Waals surface area contributed by atoms with Crippen molar-refractivity contribution < 1.29 is 14.3 Å². The molecule has 0 saturated heterocycles. The lowest BCUT2D eigenvalue weighted by Crippen LogP contribution is -2.37. The van der Waals surface area contributed by atoms with Crippen LogP contribution in [0.15, 0.2) is 16.6 Å². The molecule has 0 aliphatic heterocycles. The molecule has 0 radical (unpaired) electrons. The second kappa shape index (κ2) is 9.69. The summed E-state index contributed by atoms with van der Waals surface area (Å²) in [5.74, 6) is 1.33. The largest absolute Gasteiger partial charge is 0.490 e. The highest BCUT2D eigenvalue weighted by Gasteiger charge is 2.13. The zero-order valence-corrected chi connectivity index (χ0v) is 15.2. The topological polar surface area (TPSA) is 59.6 Å². The van der Waals surface area contributed by atoms with Gasteiger partial charge in [0, 0.05) is 17.1 Å². The van der Waals surface area contributed by atoms with Crippen LogP contribution in [-0.4, -0.2) is 38.8 Å². The summed E-state index contributed by atoms with van der Waals surface area (Å²) in [6, 6.07) is 3.96. The van der Waals surface area contributed by atoms with E-state index in [-0.39, 0.29) is 11.9 Å². The van der Waals surface area contributed by atoms with Gasteiger partial charge >= 0.3 is 0 Å². The van der Waals surface area contributed by atoms with Crippen LogP contribution in [0.4, 0.5) is 0 Å². The number of halogens is 1. The number of hydrogen-bond donors (Lipinski definition) is 2. The number of benzene rings is 1. The molecule has 1 aromatic carbocycles. The Kier molecular flexibility index (Phi) is 8.27. The Hall–Kier alpha value is -1.27. The number of rotatable bonds is 9. The van der Waals surface area contributed by atoms with Crippen molar-refractivity contribution in [3.8, 4) is 11.5 Å². The minimum atomic E-state index is -0.0191. The fraction of sp³-hybridized carbons (Fsp3) is 0.562. The first-order chi connectivity index (χ1) is 10.5. The van der Waals surface area contributed by atoms with E-state index in [1.54, 1.807) is 0 Å². The van der Waals surface area contributed by atoms with Gasteiger partial charge in [0.15, 0.2) is 11.5 Å².